The normalized spacial score (nSPS) is 26.5. The Morgan fingerprint density at radius 1 is 1.38 bits per heavy atom. The van der Waals surface area contributed by atoms with Crippen LogP contribution in [0.25, 0.3) is 0 Å². The van der Waals surface area contributed by atoms with Gasteiger partial charge >= 0.3 is 0 Å². The lowest BCUT2D eigenvalue weighted by atomic mass is 9.78. The van der Waals surface area contributed by atoms with Gasteiger partial charge in [-0.2, -0.15) is 5.10 Å². The lowest BCUT2D eigenvalue weighted by Crippen LogP contribution is -2.31. The number of fused-ring (bicyclic) bond motifs is 2. The van der Waals surface area contributed by atoms with E-state index in [-0.39, 0.29) is 17.2 Å². The second kappa shape index (κ2) is 6.05. The van der Waals surface area contributed by atoms with Gasteiger partial charge in [0.15, 0.2) is 4.77 Å². The maximum atomic E-state index is 12.7. The third kappa shape index (κ3) is 2.62. The molecular formula is C20H24N4OS. The highest BCUT2D eigenvalue weighted by atomic mass is 32.1. The molecule has 1 amide bonds. The molecule has 2 atom stereocenters. The number of amides is 1. The van der Waals surface area contributed by atoms with Crippen molar-refractivity contribution in [2.75, 3.05) is 6.54 Å². The van der Waals surface area contributed by atoms with Crippen molar-refractivity contribution in [1.82, 2.24) is 20.1 Å². The highest BCUT2D eigenvalue weighted by molar-refractivity contribution is 7.71. The predicted octanol–water partition coefficient (Wildman–Crippen LogP) is 3.23. The summed E-state index contributed by atoms with van der Waals surface area (Å²) in [6, 6.07) is 9.19. The van der Waals surface area contributed by atoms with Crippen molar-refractivity contribution in [3.8, 4) is 0 Å². The molecule has 1 heterocycles. The second-order valence-corrected chi connectivity index (χ2v) is 8.40. The zero-order valence-corrected chi connectivity index (χ0v) is 15.6. The Bertz CT molecular complexity index is 913. The van der Waals surface area contributed by atoms with Crippen LogP contribution in [0.15, 0.2) is 24.3 Å². The number of hydrogen-bond donors (Lipinski definition) is 2. The van der Waals surface area contributed by atoms with E-state index in [0.717, 1.165) is 31.5 Å². The smallest absolute Gasteiger partial charge is 0.224 e. The molecule has 1 spiro atoms. The monoisotopic (exact) mass is 368 g/mol. The Labute approximate surface area is 158 Å². The Morgan fingerprint density at radius 3 is 3.08 bits per heavy atom. The van der Waals surface area contributed by atoms with Crippen LogP contribution in [0.4, 0.5) is 0 Å². The van der Waals surface area contributed by atoms with E-state index < -0.39 is 0 Å². The molecule has 136 valence electrons. The molecule has 2 N–H and O–H groups in total. The van der Waals surface area contributed by atoms with E-state index >= 15 is 0 Å². The van der Waals surface area contributed by atoms with E-state index in [1.165, 1.54) is 30.4 Å². The summed E-state index contributed by atoms with van der Waals surface area (Å²) in [4.78, 5) is 12.7. The summed E-state index contributed by atoms with van der Waals surface area (Å²) in [5.74, 6) is 1.30. The molecule has 1 aromatic carbocycles. The molecule has 0 bridgehead atoms. The van der Waals surface area contributed by atoms with Crippen LogP contribution >= 0.6 is 12.2 Å². The molecule has 0 radical (unpaired) electrons. The standard InChI is InChI=1S/C20H24N4OS/c25-18(21-11-9-17-22-23-19(26)24(17)14-7-8-14)16-12-20(16)10-3-5-13-4-1-2-6-15(13)20/h1-2,4,6,14,16H,3,5,7-12H2,(H,21,25)(H,23,26)/t16-,20+/m1/s1. The summed E-state index contributed by atoms with van der Waals surface area (Å²) in [6.07, 6.45) is 7.56. The molecule has 2 fully saturated rings. The summed E-state index contributed by atoms with van der Waals surface area (Å²) in [7, 11) is 0. The molecule has 3 aliphatic rings. The first-order chi connectivity index (χ1) is 12.7. The molecule has 26 heavy (non-hydrogen) atoms. The second-order valence-electron chi connectivity index (χ2n) is 8.01. The number of rotatable bonds is 5. The van der Waals surface area contributed by atoms with Crippen LogP contribution < -0.4 is 5.32 Å². The van der Waals surface area contributed by atoms with Gasteiger partial charge in [-0.25, -0.2) is 0 Å². The SMILES string of the molecule is O=C(NCCc1n[nH]c(=S)n1C1CC1)[C@H]1C[C@]12CCCc1ccccc12. The highest BCUT2D eigenvalue weighted by Gasteiger charge is 2.59. The number of carbonyl (C=O) groups excluding carboxylic acids is 1. The first kappa shape index (κ1) is 16.2. The van der Waals surface area contributed by atoms with Crippen molar-refractivity contribution in [3.05, 3.63) is 46.0 Å². The number of carbonyl (C=O) groups is 1. The lowest BCUT2D eigenvalue weighted by Gasteiger charge is -2.26. The average Bonchev–Trinajstić information content (AvgIpc) is 3.57. The number of aromatic nitrogens is 3. The molecule has 0 unspecified atom stereocenters. The van der Waals surface area contributed by atoms with Crippen LogP contribution in [-0.2, 0) is 23.1 Å². The number of aryl methyl sites for hydroxylation is 1. The van der Waals surface area contributed by atoms with Gasteiger partial charge in [0.1, 0.15) is 5.82 Å². The van der Waals surface area contributed by atoms with Crippen molar-refractivity contribution < 1.29 is 4.79 Å². The van der Waals surface area contributed by atoms with Crippen molar-refractivity contribution in [2.45, 2.75) is 56.4 Å². The number of nitrogens with one attached hydrogen (secondary N) is 2. The summed E-state index contributed by atoms with van der Waals surface area (Å²) >= 11 is 5.32. The van der Waals surface area contributed by atoms with E-state index in [2.05, 4.69) is 44.3 Å². The number of nitrogens with zero attached hydrogens (tertiary/aromatic N) is 2. The van der Waals surface area contributed by atoms with Crippen LogP contribution in [0.2, 0.25) is 0 Å². The topological polar surface area (TPSA) is 62.7 Å². The van der Waals surface area contributed by atoms with Crippen LogP contribution in [0.3, 0.4) is 0 Å². The minimum atomic E-state index is 0.104. The highest BCUT2D eigenvalue weighted by Crippen LogP contribution is 2.60. The van der Waals surface area contributed by atoms with E-state index in [9.17, 15) is 4.79 Å². The van der Waals surface area contributed by atoms with Gasteiger partial charge < -0.3 is 9.88 Å². The minimum Gasteiger partial charge on any atom is -0.355 e. The molecule has 3 aliphatic carbocycles. The van der Waals surface area contributed by atoms with Gasteiger partial charge in [0.05, 0.1) is 0 Å². The summed E-state index contributed by atoms with van der Waals surface area (Å²) in [6.45, 7) is 0.624. The number of hydrogen-bond acceptors (Lipinski definition) is 3. The fourth-order valence-electron chi connectivity index (χ4n) is 4.82. The zero-order chi connectivity index (χ0) is 17.7. The minimum absolute atomic E-state index is 0.104. The molecule has 2 aromatic rings. The number of benzene rings is 1. The Balaban J connectivity index is 1.23. The van der Waals surface area contributed by atoms with Gasteiger partial charge in [-0.3, -0.25) is 9.89 Å². The molecule has 0 saturated heterocycles. The van der Waals surface area contributed by atoms with Gasteiger partial charge in [0.2, 0.25) is 5.91 Å². The molecule has 0 aliphatic heterocycles. The van der Waals surface area contributed by atoms with E-state index in [4.69, 9.17) is 12.2 Å². The third-order valence-corrected chi connectivity index (χ3v) is 6.64. The summed E-state index contributed by atoms with van der Waals surface area (Å²) in [5.41, 5.74) is 2.96. The Kier molecular flexibility index (Phi) is 3.78. The van der Waals surface area contributed by atoms with E-state index in [1.807, 2.05) is 0 Å². The molecular weight excluding hydrogens is 344 g/mol. The zero-order valence-electron chi connectivity index (χ0n) is 14.8. The van der Waals surface area contributed by atoms with Crippen molar-refractivity contribution in [1.29, 1.82) is 0 Å². The van der Waals surface area contributed by atoms with Crippen LogP contribution in [0.5, 0.6) is 0 Å². The van der Waals surface area contributed by atoms with Gasteiger partial charge in [-0.05, 0) is 61.9 Å². The Hall–Kier alpha value is -1.95. The first-order valence-electron chi connectivity index (χ1n) is 9.71. The first-order valence-corrected chi connectivity index (χ1v) is 10.1. The number of aromatic amines is 1. The average molecular weight is 369 g/mol. The quantitative estimate of drug-likeness (QED) is 0.797. The fourth-order valence-corrected chi connectivity index (χ4v) is 5.12. The molecule has 2 saturated carbocycles. The largest absolute Gasteiger partial charge is 0.355 e. The van der Waals surface area contributed by atoms with E-state index in [0.29, 0.717) is 17.4 Å². The van der Waals surface area contributed by atoms with Crippen LogP contribution in [0, 0.1) is 10.7 Å². The maximum absolute atomic E-state index is 12.7. The van der Waals surface area contributed by atoms with Gasteiger partial charge in [-0.1, -0.05) is 24.3 Å². The molecule has 1 aromatic heterocycles. The van der Waals surface area contributed by atoms with Gasteiger partial charge in [0, 0.05) is 30.3 Å². The molecule has 5 rings (SSSR count). The van der Waals surface area contributed by atoms with Crippen molar-refractivity contribution in [3.63, 3.8) is 0 Å². The maximum Gasteiger partial charge on any atom is 0.224 e. The fraction of sp³-hybridized carbons (Fsp3) is 0.550. The number of H-pyrrole nitrogens is 1. The summed E-state index contributed by atoms with van der Waals surface area (Å²) in [5, 5.41) is 10.4. The van der Waals surface area contributed by atoms with Crippen molar-refractivity contribution in [2.24, 2.45) is 5.92 Å². The predicted molar refractivity (Wildman–Crippen MR) is 102 cm³/mol. The van der Waals surface area contributed by atoms with Gasteiger partial charge in [0.25, 0.3) is 0 Å². The third-order valence-electron chi connectivity index (χ3n) is 6.35. The molecule has 5 nitrogen and oxygen atoms in total. The van der Waals surface area contributed by atoms with Gasteiger partial charge in [-0.15, -0.1) is 0 Å². The van der Waals surface area contributed by atoms with E-state index in [1.54, 1.807) is 0 Å². The Morgan fingerprint density at radius 2 is 2.23 bits per heavy atom. The van der Waals surface area contributed by atoms with Crippen LogP contribution in [-0.4, -0.2) is 27.2 Å². The van der Waals surface area contributed by atoms with Crippen molar-refractivity contribution >= 4 is 18.1 Å². The van der Waals surface area contributed by atoms with Crippen LogP contribution in [0.1, 0.15) is 55.1 Å². The summed E-state index contributed by atoms with van der Waals surface area (Å²) < 4.78 is 2.83. The molecule has 6 heteroatoms. The lowest BCUT2D eigenvalue weighted by molar-refractivity contribution is -0.122.